The Bertz CT molecular complexity index is 617. The molecule has 1 rings (SSSR count). The van der Waals surface area contributed by atoms with Gasteiger partial charge in [0, 0.05) is 5.56 Å². The maximum atomic E-state index is 12.0. The smallest absolute Gasteiger partial charge is 0.328 e. The second kappa shape index (κ2) is 10.1. The zero-order chi connectivity index (χ0) is 18.8. The largest absolute Gasteiger partial charge is 0.469 e. The van der Waals surface area contributed by atoms with Gasteiger partial charge in [0.05, 0.1) is 26.7 Å². The van der Waals surface area contributed by atoms with E-state index in [1.807, 2.05) is 0 Å². The molecule has 8 nitrogen and oxygen atoms in total. The van der Waals surface area contributed by atoms with Crippen molar-refractivity contribution in [2.24, 2.45) is 5.92 Å². The Morgan fingerprint density at radius 2 is 1.60 bits per heavy atom. The molecule has 0 aliphatic rings. The number of benzene rings is 1. The first kappa shape index (κ1) is 20.1. The fourth-order valence-electron chi connectivity index (χ4n) is 2.10. The Balaban J connectivity index is 2.58. The van der Waals surface area contributed by atoms with E-state index in [0.717, 1.165) is 0 Å². The van der Waals surface area contributed by atoms with Gasteiger partial charge in [-0.1, -0.05) is 25.1 Å². The predicted octanol–water partition coefficient (Wildman–Crippen LogP) is 0.273. The van der Waals surface area contributed by atoms with Gasteiger partial charge in [-0.15, -0.1) is 0 Å². The van der Waals surface area contributed by atoms with E-state index in [4.69, 9.17) is 0 Å². The van der Waals surface area contributed by atoms with Crippen LogP contribution in [0.25, 0.3) is 0 Å². The zero-order valence-corrected chi connectivity index (χ0v) is 14.4. The molecule has 2 atom stereocenters. The molecule has 2 amide bonds. The first-order valence-corrected chi connectivity index (χ1v) is 7.67. The molecule has 0 saturated heterocycles. The Morgan fingerprint density at radius 3 is 2.16 bits per heavy atom. The second-order valence-electron chi connectivity index (χ2n) is 5.35. The Kier molecular flexibility index (Phi) is 8.11. The van der Waals surface area contributed by atoms with Crippen molar-refractivity contribution >= 4 is 23.8 Å². The fourth-order valence-corrected chi connectivity index (χ4v) is 2.10. The average molecular weight is 350 g/mol. The lowest BCUT2D eigenvalue weighted by Crippen LogP contribution is -2.47. The van der Waals surface area contributed by atoms with Crippen LogP contribution in [-0.2, 0) is 23.9 Å². The number of rotatable bonds is 8. The van der Waals surface area contributed by atoms with E-state index in [-0.39, 0.29) is 13.0 Å². The first-order chi connectivity index (χ1) is 11.9. The van der Waals surface area contributed by atoms with Crippen molar-refractivity contribution in [2.75, 3.05) is 20.8 Å². The highest BCUT2D eigenvalue weighted by Gasteiger charge is 2.27. The summed E-state index contributed by atoms with van der Waals surface area (Å²) in [6.07, 6.45) is 0.0255. The first-order valence-electron chi connectivity index (χ1n) is 7.67. The summed E-state index contributed by atoms with van der Waals surface area (Å²) in [7, 11) is 2.42. The topological polar surface area (TPSA) is 111 Å². The van der Waals surface area contributed by atoms with E-state index in [9.17, 15) is 19.2 Å². The third-order valence-electron chi connectivity index (χ3n) is 3.46. The van der Waals surface area contributed by atoms with Crippen LogP contribution in [0.2, 0.25) is 0 Å². The monoisotopic (exact) mass is 350 g/mol. The molecular weight excluding hydrogens is 328 g/mol. The highest BCUT2D eigenvalue weighted by molar-refractivity contribution is 5.96. The van der Waals surface area contributed by atoms with Gasteiger partial charge < -0.3 is 20.1 Å². The molecule has 0 aliphatic heterocycles. The van der Waals surface area contributed by atoms with Crippen LogP contribution in [0.4, 0.5) is 0 Å². The number of hydrogen-bond acceptors (Lipinski definition) is 6. The minimum Gasteiger partial charge on any atom is -0.469 e. The van der Waals surface area contributed by atoms with Gasteiger partial charge in [0.25, 0.3) is 5.91 Å². The molecular formula is C17H22N2O6. The van der Waals surface area contributed by atoms with Crippen molar-refractivity contribution < 1.29 is 28.7 Å². The van der Waals surface area contributed by atoms with Crippen molar-refractivity contribution in [3.8, 4) is 0 Å². The van der Waals surface area contributed by atoms with Gasteiger partial charge in [-0.25, -0.2) is 4.79 Å². The highest BCUT2D eigenvalue weighted by Crippen LogP contribution is 2.09. The van der Waals surface area contributed by atoms with Gasteiger partial charge in [0.2, 0.25) is 5.91 Å². The van der Waals surface area contributed by atoms with E-state index < -0.39 is 35.7 Å². The third-order valence-corrected chi connectivity index (χ3v) is 3.46. The molecule has 1 aromatic carbocycles. The summed E-state index contributed by atoms with van der Waals surface area (Å²) >= 11 is 0. The summed E-state index contributed by atoms with van der Waals surface area (Å²) in [6.45, 7) is 1.26. The molecule has 0 heterocycles. The van der Waals surface area contributed by atoms with Gasteiger partial charge in [-0.2, -0.15) is 0 Å². The summed E-state index contributed by atoms with van der Waals surface area (Å²) in [5.74, 6) is -2.77. The molecule has 1 aromatic rings. The van der Waals surface area contributed by atoms with Crippen LogP contribution in [0, 0.1) is 5.92 Å². The van der Waals surface area contributed by atoms with Crippen LogP contribution in [0.3, 0.4) is 0 Å². The quantitative estimate of drug-likeness (QED) is 0.651. The molecule has 0 aliphatic carbocycles. The average Bonchev–Trinajstić information content (AvgIpc) is 2.64. The van der Waals surface area contributed by atoms with E-state index in [1.165, 1.54) is 14.2 Å². The minimum absolute atomic E-state index is 0.0255. The van der Waals surface area contributed by atoms with E-state index in [1.54, 1.807) is 37.3 Å². The maximum Gasteiger partial charge on any atom is 0.328 e. The number of nitrogens with one attached hydrogen (secondary N) is 2. The number of methoxy groups -OCH3 is 2. The number of hydrogen-bond donors (Lipinski definition) is 2. The van der Waals surface area contributed by atoms with Crippen LogP contribution in [0.1, 0.15) is 23.7 Å². The molecule has 0 aromatic heterocycles. The van der Waals surface area contributed by atoms with Gasteiger partial charge in [0.1, 0.15) is 6.04 Å². The van der Waals surface area contributed by atoms with Gasteiger partial charge >= 0.3 is 11.9 Å². The number of amides is 2. The molecule has 0 fully saturated rings. The Hall–Kier alpha value is -2.90. The summed E-state index contributed by atoms with van der Waals surface area (Å²) in [6, 6.07) is 7.39. The van der Waals surface area contributed by atoms with Crippen LogP contribution >= 0.6 is 0 Å². The second-order valence-corrected chi connectivity index (χ2v) is 5.35. The molecule has 2 N–H and O–H groups in total. The molecule has 25 heavy (non-hydrogen) atoms. The molecule has 0 bridgehead atoms. The van der Waals surface area contributed by atoms with Crippen molar-refractivity contribution in [1.29, 1.82) is 0 Å². The number of carbonyl (C=O) groups is 4. The molecule has 0 saturated carbocycles. The molecule has 0 spiro atoms. The van der Waals surface area contributed by atoms with E-state index >= 15 is 0 Å². The lowest BCUT2D eigenvalue weighted by atomic mass is 10.0. The zero-order valence-electron chi connectivity index (χ0n) is 14.4. The molecule has 0 radical (unpaired) electrons. The summed E-state index contributed by atoms with van der Waals surface area (Å²) in [5, 5.41) is 4.90. The normalized spacial score (nSPS) is 12.4. The third kappa shape index (κ3) is 6.62. The van der Waals surface area contributed by atoms with Crippen molar-refractivity contribution in [3.05, 3.63) is 35.9 Å². The van der Waals surface area contributed by atoms with Crippen molar-refractivity contribution in [2.45, 2.75) is 19.4 Å². The van der Waals surface area contributed by atoms with Gasteiger partial charge in [0.15, 0.2) is 0 Å². The summed E-state index contributed by atoms with van der Waals surface area (Å²) < 4.78 is 9.23. The number of esters is 2. The lowest BCUT2D eigenvalue weighted by molar-refractivity contribution is -0.148. The van der Waals surface area contributed by atoms with Crippen LogP contribution in [-0.4, -0.2) is 50.6 Å². The van der Waals surface area contributed by atoms with Crippen LogP contribution < -0.4 is 10.6 Å². The van der Waals surface area contributed by atoms with E-state index in [2.05, 4.69) is 20.1 Å². The summed E-state index contributed by atoms with van der Waals surface area (Å²) in [4.78, 5) is 47.1. The van der Waals surface area contributed by atoms with Crippen LogP contribution in [0.15, 0.2) is 30.3 Å². The highest BCUT2D eigenvalue weighted by atomic mass is 16.5. The Morgan fingerprint density at radius 1 is 1.00 bits per heavy atom. The van der Waals surface area contributed by atoms with E-state index in [0.29, 0.717) is 5.56 Å². The van der Waals surface area contributed by atoms with Crippen molar-refractivity contribution in [1.82, 2.24) is 10.6 Å². The number of carbonyl (C=O) groups excluding carboxylic acids is 4. The lowest BCUT2D eigenvalue weighted by Gasteiger charge is -2.19. The fraction of sp³-hybridized carbons (Fsp3) is 0.412. The predicted molar refractivity (Wildman–Crippen MR) is 88.5 cm³/mol. The van der Waals surface area contributed by atoms with Gasteiger partial charge in [-0.3, -0.25) is 14.4 Å². The summed E-state index contributed by atoms with van der Waals surface area (Å²) in [5.41, 5.74) is 0.416. The molecule has 8 heteroatoms. The minimum atomic E-state index is -1.01. The SMILES string of the molecule is COC(=O)[C@H](C[C@H](C)C(=O)OC)NC(=O)CNC(=O)c1ccccc1. The maximum absolute atomic E-state index is 12.0. The standard InChI is InChI=1S/C17H22N2O6/c1-11(16(22)24-2)9-13(17(23)25-3)19-14(20)10-18-15(21)12-7-5-4-6-8-12/h4-8,11,13H,9-10H2,1-3H3,(H,18,21)(H,19,20)/t11-,13-/m0/s1. The molecule has 0 unspecified atom stereocenters. The number of ether oxygens (including phenoxy) is 2. The Labute approximate surface area is 145 Å². The van der Waals surface area contributed by atoms with Crippen molar-refractivity contribution in [3.63, 3.8) is 0 Å². The van der Waals surface area contributed by atoms with Gasteiger partial charge in [-0.05, 0) is 18.6 Å². The molecule has 136 valence electrons. The van der Waals surface area contributed by atoms with Crippen LogP contribution in [0.5, 0.6) is 0 Å².